The summed E-state index contributed by atoms with van der Waals surface area (Å²) in [4.78, 5) is 8.56. The van der Waals surface area contributed by atoms with Crippen molar-refractivity contribution < 1.29 is 20.1 Å². The van der Waals surface area contributed by atoms with E-state index in [1.807, 2.05) is 12.1 Å². The Labute approximate surface area is 169 Å². The van der Waals surface area contributed by atoms with Gasteiger partial charge in [-0.15, -0.1) is 0 Å². The summed E-state index contributed by atoms with van der Waals surface area (Å²) < 4.78 is 5.39. The summed E-state index contributed by atoms with van der Waals surface area (Å²) in [6.45, 7) is 3.90. The first-order chi connectivity index (χ1) is 13.6. The number of β-amino-alcohol motifs (C(OH)–C–C–N with tert-alkyl or cyclic N) is 1. The van der Waals surface area contributed by atoms with Gasteiger partial charge < -0.3 is 25.0 Å². The van der Waals surface area contributed by atoms with Crippen LogP contribution in [-0.4, -0.2) is 71.1 Å². The number of aliphatic hydroxyl groups excluding tert-OH is 3. The molecule has 7 nitrogen and oxygen atoms in total. The Hall–Kier alpha value is -1.90. The normalized spacial score (nSPS) is 16.2. The molecular formula is C20H26ClN3O4. The van der Waals surface area contributed by atoms with Crippen molar-refractivity contribution in [3.63, 3.8) is 0 Å². The summed E-state index contributed by atoms with van der Waals surface area (Å²) in [5.74, 6) is 0.644. The smallest absolute Gasteiger partial charge is 0.121 e. The van der Waals surface area contributed by atoms with E-state index in [1.165, 1.54) is 0 Å². The zero-order chi connectivity index (χ0) is 19.9. The van der Waals surface area contributed by atoms with Crippen LogP contribution < -0.4 is 9.64 Å². The molecule has 1 aromatic carbocycles. The van der Waals surface area contributed by atoms with Gasteiger partial charge in [0, 0.05) is 50.6 Å². The first-order valence-corrected chi connectivity index (χ1v) is 9.72. The molecule has 2 heterocycles. The molecule has 1 fully saturated rings. The number of benzene rings is 1. The van der Waals surface area contributed by atoms with Crippen LogP contribution in [0.2, 0.25) is 5.02 Å². The zero-order valence-corrected chi connectivity index (χ0v) is 16.4. The van der Waals surface area contributed by atoms with Gasteiger partial charge in [-0.1, -0.05) is 17.7 Å². The SMILES string of the molecule is OCCOc1ccc(N2CCN(CC(O)c3ccc(CO)nc3)CC2)c(Cl)c1. The fourth-order valence-electron chi connectivity index (χ4n) is 3.25. The minimum Gasteiger partial charge on any atom is -0.491 e. The van der Waals surface area contributed by atoms with Gasteiger partial charge in [-0.2, -0.15) is 0 Å². The van der Waals surface area contributed by atoms with Crippen LogP contribution in [0.1, 0.15) is 17.4 Å². The molecule has 1 aromatic heterocycles. The van der Waals surface area contributed by atoms with Gasteiger partial charge in [-0.25, -0.2) is 0 Å². The molecule has 0 aliphatic carbocycles. The molecule has 0 bridgehead atoms. The second-order valence-corrected chi connectivity index (χ2v) is 7.14. The fraction of sp³-hybridized carbons (Fsp3) is 0.450. The zero-order valence-electron chi connectivity index (χ0n) is 15.7. The fourth-order valence-corrected chi connectivity index (χ4v) is 3.54. The predicted octanol–water partition coefficient (Wildman–Crippen LogP) is 1.45. The maximum absolute atomic E-state index is 10.5. The van der Waals surface area contributed by atoms with E-state index in [4.69, 9.17) is 26.6 Å². The first-order valence-electron chi connectivity index (χ1n) is 9.35. The molecule has 0 spiro atoms. The van der Waals surface area contributed by atoms with Crippen molar-refractivity contribution in [3.8, 4) is 5.75 Å². The first kappa shape index (κ1) is 20.8. The Kier molecular flexibility index (Phi) is 7.47. The van der Waals surface area contributed by atoms with Crippen LogP contribution in [0.25, 0.3) is 0 Å². The van der Waals surface area contributed by atoms with Crippen LogP contribution in [0, 0.1) is 0 Å². The maximum atomic E-state index is 10.5. The molecule has 3 N–H and O–H groups in total. The summed E-state index contributed by atoms with van der Waals surface area (Å²) in [6.07, 6.45) is 1.01. The number of aliphatic hydroxyl groups is 3. The molecule has 1 unspecified atom stereocenters. The van der Waals surface area contributed by atoms with Crippen molar-refractivity contribution in [2.75, 3.05) is 50.8 Å². The van der Waals surface area contributed by atoms with Crippen LogP contribution in [0.3, 0.4) is 0 Å². The standard InChI is InChI=1S/C20H26ClN3O4/c21-18-11-17(28-10-9-25)3-4-19(18)24-7-5-23(6-8-24)13-20(27)15-1-2-16(14-26)22-12-15/h1-4,11-12,20,25-27H,5-10,13-14H2. The molecule has 1 atom stereocenters. The van der Waals surface area contributed by atoms with Crippen molar-refractivity contribution in [3.05, 3.63) is 52.8 Å². The van der Waals surface area contributed by atoms with Gasteiger partial charge in [0.1, 0.15) is 12.4 Å². The third-order valence-electron chi connectivity index (χ3n) is 4.82. The minimum absolute atomic E-state index is 0.0329. The van der Waals surface area contributed by atoms with Gasteiger partial charge in [-0.3, -0.25) is 9.88 Å². The second kappa shape index (κ2) is 10.0. The quantitative estimate of drug-likeness (QED) is 0.610. The summed E-state index contributed by atoms with van der Waals surface area (Å²) in [5, 5.41) is 29.0. The highest BCUT2D eigenvalue weighted by molar-refractivity contribution is 6.33. The van der Waals surface area contributed by atoms with E-state index < -0.39 is 6.10 Å². The second-order valence-electron chi connectivity index (χ2n) is 6.73. The van der Waals surface area contributed by atoms with Gasteiger partial charge in [0.05, 0.1) is 35.7 Å². The number of aromatic nitrogens is 1. The van der Waals surface area contributed by atoms with Crippen LogP contribution in [-0.2, 0) is 6.61 Å². The van der Waals surface area contributed by atoms with Crippen LogP contribution >= 0.6 is 11.6 Å². The predicted molar refractivity (Wildman–Crippen MR) is 108 cm³/mol. The average molecular weight is 408 g/mol. The number of pyridine rings is 1. The molecule has 8 heteroatoms. The van der Waals surface area contributed by atoms with Crippen LogP contribution in [0.4, 0.5) is 5.69 Å². The lowest BCUT2D eigenvalue weighted by molar-refractivity contribution is 0.109. The van der Waals surface area contributed by atoms with Crippen LogP contribution in [0.5, 0.6) is 5.75 Å². The lowest BCUT2D eigenvalue weighted by Gasteiger charge is -2.37. The summed E-state index contributed by atoms with van der Waals surface area (Å²) in [7, 11) is 0. The van der Waals surface area contributed by atoms with Gasteiger partial charge in [0.15, 0.2) is 0 Å². The van der Waals surface area contributed by atoms with E-state index >= 15 is 0 Å². The lowest BCUT2D eigenvalue weighted by Crippen LogP contribution is -2.47. The third-order valence-corrected chi connectivity index (χ3v) is 5.12. The van der Waals surface area contributed by atoms with Crippen molar-refractivity contribution in [1.82, 2.24) is 9.88 Å². The highest BCUT2D eigenvalue weighted by atomic mass is 35.5. The average Bonchev–Trinajstić information content (AvgIpc) is 2.73. The molecule has 0 amide bonds. The summed E-state index contributed by atoms with van der Waals surface area (Å²) in [5.41, 5.74) is 2.30. The molecule has 28 heavy (non-hydrogen) atoms. The molecule has 1 aliphatic heterocycles. The number of ether oxygens (including phenoxy) is 1. The number of rotatable bonds is 8. The van der Waals surface area contributed by atoms with Gasteiger partial charge >= 0.3 is 0 Å². The monoisotopic (exact) mass is 407 g/mol. The van der Waals surface area contributed by atoms with E-state index in [2.05, 4.69) is 14.8 Å². The Morgan fingerprint density at radius 3 is 2.50 bits per heavy atom. The number of hydrogen-bond acceptors (Lipinski definition) is 7. The lowest BCUT2D eigenvalue weighted by atomic mass is 10.1. The molecule has 3 rings (SSSR count). The number of anilines is 1. The molecule has 0 saturated carbocycles. The Balaban J connectivity index is 1.52. The van der Waals surface area contributed by atoms with Crippen molar-refractivity contribution in [1.29, 1.82) is 0 Å². The minimum atomic E-state index is -0.613. The molecule has 2 aromatic rings. The van der Waals surface area contributed by atoms with Crippen molar-refractivity contribution >= 4 is 17.3 Å². The van der Waals surface area contributed by atoms with Crippen molar-refractivity contribution in [2.45, 2.75) is 12.7 Å². The number of piperazine rings is 1. The highest BCUT2D eigenvalue weighted by Crippen LogP contribution is 2.30. The molecular weight excluding hydrogens is 382 g/mol. The maximum Gasteiger partial charge on any atom is 0.121 e. The van der Waals surface area contributed by atoms with E-state index in [1.54, 1.807) is 24.4 Å². The van der Waals surface area contributed by atoms with E-state index in [0.29, 0.717) is 23.0 Å². The Morgan fingerprint density at radius 2 is 1.89 bits per heavy atom. The van der Waals surface area contributed by atoms with E-state index in [9.17, 15) is 5.11 Å². The number of nitrogens with zero attached hydrogens (tertiary/aromatic N) is 3. The van der Waals surface area contributed by atoms with Crippen molar-refractivity contribution in [2.24, 2.45) is 0 Å². The Morgan fingerprint density at radius 1 is 1.11 bits per heavy atom. The van der Waals surface area contributed by atoms with E-state index in [-0.39, 0.29) is 19.8 Å². The number of halogens is 1. The Bertz CT molecular complexity index is 752. The van der Waals surface area contributed by atoms with Gasteiger partial charge in [0.2, 0.25) is 0 Å². The summed E-state index contributed by atoms with van der Waals surface area (Å²) in [6, 6.07) is 9.10. The van der Waals surface area contributed by atoms with E-state index in [0.717, 1.165) is 37.4 Å². The topological polar surface area (TPSA) is 89.3 Å². The molecule has 1 aliphatic rings. The molecule has 1 saturated heterocycles. The summed E-state index contributed by atoms with van der Waals surface area (Å²) >= 11 is 6.40. The van der Waals surface area contributed by atoms with Gasteiger partial charge in [0.25, 0.3) is 0 Å². The van der Waals surface area contributed by atoms with Gasteiger partial charge in [-0.05, 0) is 18.2 Å². The highest BCUT2D eigenvalue weighted by Gasteiger charge is 2.21. The molecule has 152 valence electrons. The molecule has 0 radical (unpaired) electrons. The number of hydrogen-bond donors (Lipinski definition) is 3. The van der Waals surface area contributed by atoms with Crippen LogP contribution in [0.15, 0.2) is 36.5 Å². The third kappa shape index (κ3) is 5.33. The largest absolute Gasteiger partial charge is 0.491 e.